The van der Waals surface area contributed by atoms with Crippen LogP contribution >= 0.6 is 0 Å². The molecule has 3 N–H and O–H groups in total. The first-order chi connectivity index (χ1) is 11.2. The molecule has 130 valence electrons. The SMILES string of the molecule is CCCCCCCCc1ccc(C[C@H]2CCC[C@@]2(N)CO)cc1. The number of aliphatic hydroxyl groups is 1. The van der Waals surface area contributed by atoms with Crippen molar-refractivity contribution in [2.45, 2.75) is 83.1 Å². The normalized spacial score (nSPS) is 24.2. The number of aliphatic hydroxyl groups excluding tert-OH is 1. The lowest BCUT2D eigenvalue weighted by Gasteiger charge is -2.29. The van der Waals surface area contributed by atoms with Gasteiger partial charge in [-0.2, -0.15) is 0 Å². The van der Waals surface area contributed by atoms with Gasteiger partial charge in [-0.25, -0.2) is 0 Å². The second-order valence-corrected chi connectivity index (χ2v) is 7.52. The van der Waals surface area contributed by atoms with Crippen molar-refractivity contribution in [2.24, 2.45) is 11.7 Å². The highest BCUT2D eigenvalue weighted by Gasteiger charge is 2.38. The van der Waals surface area contributed by atoms with Crippen LogP contribution in [-0.4, -0.2) is 17.3 Å². The van der Waals surface area contributed by atoms with Gasteiger partial charge in [-0.3, -0.25) is 0 Å². The molecule has 2 nitrogen and oxygen atoms in total. The molecule has 1 saturated carbocycles. The van der Waals surface area contributed by atoms with Gasteiger partial charge in [0.2, 0.25) is 0 Å². The Bertz CT molecular complexity index is 442. The molecule has 2 atom stereocenters. The van der Waals surface area contributed by atoms with Crippen molar-refractivity contribution >= 4 is 0 Å². The molecule has 0 bridgehead atoms. The number of aryl methyl sites for hydroxylation is 1. The third-order valence-electron chi connectivity index (χ3n) is 5.63. The van der Waals surface area contributed by atoms with Gasteiger partial charge in [-0.1, -0.05) is 69.7 Å². The highest BCUT2D eigenvalue weighted by atomic mass is 16.3. The fourth-order valence-electron chi connectivity index (χ4n) is 3.92. The zero-order valence-corrected chi connectivity index (χ0v) is 14.9. The van der Waals surface area contributed by atoms with Crippen LogP contribution in [0.1, 0.15) is 75.8 Å². The Balaban J connectivity index is 1.74. The number of hydrogen-bond acceptors (Lipinski definition) is 2. The molecule has 1 fully saturated rings. The van der Waals surface area contributed by atoms with Gasteiger partial charge in [-0.05, 0) is 49.1 Å². The van der Waals surface area contributed by atoms with E-state index in [4.69, 9.17) is 5.73 Å². The highest BCUT2D eigenvalue weighted by Crippen LogP contribution is 2.35. The van der Waals surface area contributed by atoms with Gasteiger partial charge >= 0.3 is 0 Å². The van der Waals surface area contributed by atoms with Crippen LogP contribution in [-0.2, 0) is 12.8 Å². The van der Waals surface area contributed by atoms with Gasteiger partial charge in [0.05, 0.1) is 6.61 Å². The molecule has 0 aromatic heterocycles. The van der Waals surface area contributed by atoms with E-state index < -0.39 is 0 Å². The van der Waals surface area contributed by atoms with Crippen molar-refractivity contribution < 1.29 is 5.11 Å². The third kappa shape index (κ3) is 5.61. The maximum Gasteiger partial charge on any atom is 0.0614 e. The molecule has 0 heterocycles. The van der Waals surface area contributed by atoms with Crippen LogP contribution in [0, 0.1) is 5.92 Å². The molecule has 23 heavy (non-hydrogen) atoms. The summed E-state index contributed by atoms with van der Waals surface area (Å²) in [5.74, 6) is 0.428. The quantitative estimate of drug-likeness (QED) is 0.618. The Labute approximate surface area is 142 Å². The smallest absolute Gasteiger partial charge is 0.0614 e. The fourth-order valence-corrected chi connectivity index (χ4v) is 3.92. The molecule has 2 rings (SSSR count). The first-order valence-corrected chi connectivity index (χ1v) is 9.65. The van der Waals surface area contributed by atoms with Gasteiger partial charge in [0, 0.05) is 5.54 Å². The van der Waals surface area contributed by atoms with E-state index in [1.807, 2.05) is 0 Å². The van der Waals surface area contributed by atoms with Crippen molar-refractivity contribution in [3.63, 3.8) is 0 Å². The fraction of sp³-hybridized carbons (Fsp3) is 0.714. The molecule has 0 amide bonds. The lowest BCUT2D eigenvalue weighted by Crippen LogP contribution is -2.47. The van der Waals surface area contributed by atoms with Gasteiger partial charge in [0.15, 0.2) is 0 Å². The van der Waals surface area contributed by atoms with E-state index >= 15 is 0 Å². The van der Waals surface area contributed by atoms with E-state index in [0.29, 0.717) is 5.92 Å². The first kappa shape index (κ1) is 18.5. The molecular formula is C21H35NO. The van der Waals surface area contributed by atoms with Gasteiger partial charge in [0.1, 0.15) is 0 Å². The van der Waals surface area contributed by atoms with Crippen LogP contribution in [0.4, 0.5) is 0 Å². The molecule has 2 heteroatoms. The zero-order valence-electron chi connectivity index (χ0n) is 14.9. The molecule has 1 aromatic carbocycles. The maximum absolute atomic E-state index is 9.57. The summed E-state index contributed by atoms with van der Waals surface area (Å²) in [4.78, 5) is 0. The number of hydrogen-bond donors (Lipinski definition) is 2. The lowest BCUT2D eigenvalue weighted by atomic mass is 9.84. The predicted octanol–water partition coefficient (Wildman–Crippen LogP) is 4.62. The van der Waals surface area contributed by atoms with Crippen LogP contribution in [0.3, 0.4) is 0 Å². The Kier molecular flexibility index (Phi) is 7.58. The van der Waals surface area contributed by atoms with E-state index in [0.717, 1.165) is 25.7 Å². The van der Waals surface area contributed by atoms with Crippen LogP contribution in [0.25, 0.3) is 0 Å². The monoisotopic (exact) mass is 317 g/mol. The minimum atomic E-state index is -0.350. The van der Waals surface area contributed by atoms with Gasteiger partial charge < -0.3 is 10.8 Å². The Hall–Kier alpha value is -0.860. The number of benzene rings is 1. The Morgan fingerprint density at radius 2 is 1.70 bits per heavy atom. The summed E-state index contributed by atoms with van der Waals surface area (Å²) in [7, 11) is 0. The molecule has 1 aromatic rings. The summed E-state index contributed by atoms with van der Waals surface area (Å²) in [6.45, 7) is 2.39. The van der Waals surface area contributed by atoms with E-state index in [2.05, 4.69) is 31.2 Å². The van der Waals surface area contributed by atoms with E-state index in [1.54, 1.807) is 0 Å². The summed E-state index contributed by atoms with van der Waals surface area (Å²) in [6.07, 6.45) is 13.6. The molecule has 0 saturated heterocycles. The number of unbranched alkanes of at least 4 members (excludes halogenated alkanes) is 5. The largest absolute Gasteiger partial charge is 0.394 e. The van der Waals surface area contributed by atoms with E-state index in [1.165, 1.54) is 56.1 Å². The van der Waals surface area contributed by atoms with Crippen LogP contribution in [0.2, 0.25) is 0 Å². The molecular weight excluding hydrogens is 282 g/mol. The van der Waals surface area contributed by atoms with Crippen molar-refractivity contribution in [3.8, 4) is 0 Å². The van der Waals surface area contributed by atoms with Crippen LogP contribution in [0.5, 0.6) is 0 Å². The molecule has 1 aliphatic rings. The minimum Gasteiger partial charge on any atom is -0.394 e. The number of nitrogens with two attached hydrogens (primary N) is 1. The van der Waals surface area contributed by atoms with Crippen molar-refractivity contribution in [2.75, 3.05) is 6.61 Å². The van der Waals surface area contributed by atoms with Gasteiger partial charge in [0.25, 0.3) is 0 Å². The summed E-state index contributed by atoms with van der Waals surface area (Å²) < 4.78 is 0. The second kappa shape index (κ2) is 9.44. The molecule has 0 radical (unpaired) electrons. The first-order valence-electron chi connectivity index (χ1n) is 9.65. The topological polar surface area (TPSA) is 46.2 Å². The zero-order chi connectivity index (χ0) is 16.5. The average molecular weight is 318 g/mol. The summed E-state index contributed by atoms with van der Waals surface area (Å²) in [6, 6.07) is 9.10. The van der Waals surface area contributed by atoms with Gasteiger partial charge in [-0.15, -0.1) is 0 Å². The third-order valence-corrected chi connectivity index (χ3v) is 5.63. The maximum atomic E-state index is 9.57. The molecule has 1 aliphatic carbocycles. The van der Waals surface area contributed by atoms with Crippen molar-refractivity contribution in [3.05, 3.63) is 35.4 Å². The average Bonchev–Trinajstić information content (AvgIpc) is 2.94. The predicted molar refractivity (Wildman–Crippen MR) is 98.6 cm³/mol. The summed E-state index contributed by atoms with van der Waals surface area (Å²) in [5.41, 5.74) is 8.82. The minimum absolute atomic E-state index is 0.119. The molecule has 0 unspecified atom stereocenters. The van der Waals surface area contributed by atoms with Crippen LogP contribution < -0.4 is 5.73 Å². The summed E-state index contributed by atoms with van der Waals surface area (Å²) in [5, 5.41) is 9.57. The van der Waals surface area contributed by atoms with Crippen LogP contribution in [0.15, 0.2) is 24.3 Å². The Morgan fingerprint density at radius 1 is 1.04 bits per heavy atom. The second-order valence-electron chi connectivity index (χ2n) is 7.52. The highest BCUT2D eigenvalue weighted by molar-refractivity contribution is 5.24. The van der Waals surface area contributed by atoms with Crippen molar-refractivity contribution in [1.29, 1.82) is 0 Å². The summed E-state index contributed by atoms with van der Waals surface area (Å²) >= 11 is 0. The van der Waals surface area contributed by atoms with E-state index in [-0.39, 0.29) is 12.1 Å². The standard InChI is InChI=1S/C21H35NO/c1-2-3-4-5-6-7-9-18-11-13-19(14-12-18)16-20-10-8-15-21(20,22)17-23/h11-14,20,23H,2-10,15-17,22H2,1H3/t20-,21-/m1/s1. The molecule has 0 aliphatic heterocycles. The molecule has 0 spiro atoms. The Morgan fingerprint density at radius 3 is 2.39 bits per heavy atom. The number of rotatable bonds is 10. The van der Waals surface area contributed by atoms with Crippen molar-refractivity contribution in [1.82, 2.24) is 0 Å². The lowest BCUT2D eigenvalue weighted by molar-refractivity contribution is 0.160. The van der Waals surface area contributed by atoms with E-state index in [9.17, 15) is 5.11 Å².